The molecule has 0 amide bonds. The third kappa shape index (κ3) is 11.8. The number of aliphatic carboxylic acids is 1. The van der Waals surface area contributed by atoms with Gasteiger partial charge in [-0.05, 0) is 30.5 Å². The van der Waals surface area contributed by atoms with Crippen molar-refractivity contribution in [3.8, 4) is 6.07 Å². The molecule has 0 aliphatic rings. The number of carboxylic acid groups (broad SMARTS) is 1. The van der Waals surface area contributed by atoms with E-state index in [1.807, 2.05) is 18.2 Å². The first kappa shape index (κ1) is 26.0. The molecule has 0 aliphatic carbocycles. The molecule has 0 aliphatic heterocycles. The minimum absolute atomic E-state index is 0.0497. The molecule has 1 aromatic carbocycles. The maximum absolute atomic E-state index is 10.8. The number of aliphatic hydroxyl groups is 1. The lowest BCUT2D eigenvalue weighted by atomic mass is 10.0. The Morgan fingerprint density at radius 3 is 2.60 bits per heavy atom. The van der Waals surface area contributed by atoms with Gasteiger partial charge in [0.2, 0.25) is 0 Å². The van der Waals surface area contributed by atoms with E-state index in [4.69, 9.17) is 10.4 Å². The van der Waals surface area contributed by atoms with Gasteiger partial charge < -0.3 is 10.2 Å². The van der Waals surface area contributed by atoms with Gasteiger partial charge in [-0.25, -0.2) is 0 Å². The van der Waals surface area contributed by atoms with Crippen LogP contribution in [0.1, 0.15) is 81.9 Å². The van der Waals surface area contributed by atoms with Gasteiger partial charge in [-0.2, -0.15) is 17.0 Å². The number of rotatable bonds is 16. The lowest BCUT2D eigenvalue weighted by Gasteiger charge is -2.20. The van der Waals surface area contributed by atoms with Crippen molar-refractivity contribution >= 4 is 17.7 Å². The quantitative estimate of drug-likeness (QED) is 0.234. The normalized spacial score (nSPS) is 13.5. The summed E-state index contributed by atoms with van der Waals surface area (Å²) in [5.74, 6) is -0.429. The summed E-state index contributed by atoms with van der Waals surface area (Å²) in [7, 11) is 0. The van der Waals surface area contributed by atoms with E-state index in [0.29, 0.717) is 16.9 Å². The molecule has 0 aromatic heterocycles. The molecule has 164 valence electrons. The van der Waals surface area contributed by atoms with Gasteiger partial charge in [0.1, 0.15) is 0 Å². The summed E-state index contributed by atoms with van der Waals surface area (Å²) in [4.78, 5) is 10.8. The van der Waals surface area contributed by atoms with Crippen molar-refractivity contribution in [3.05, 3.63) is 59.7 Å². The van der Waals surface area contributed by atoms with Gasteiger partial charge in [0, 0.05) is 5.75 Å². The van der Waals surface area contributed by atoms with Gasteiger partial charge in [-0.1, -0.05) is 81.9 Å². The van der Waals surface area contributed by atoms with E-state index < -0.39 is 12.1 Å². The van der Waals surface area contributed by atoms with Crippen LogP contribution in [0.3, 0.4) is 0 Å². The van der Waals surface area contributed by atoms with Gasteiger partial charge in [-0.3, -0.25) is 4.79 Å². The Labute approximate surface area is 185 Å². The second kappa shape index (κ2) is 16.7. The second-order valence-electron chi connectivity index (χ2n) is 7.38. The van der Waals surface area contributed by atoms with E-state index in [-0.39, 0.29) is 11.7 Å². The summed E-state index contributed by atoms with van der Waals surface area (Å²) in [6, 6.07) is 9.01. The van der Waals surface area contributed by atoms with Crippen LogP contribution in [0.5, 0.6) is 0 Å². The van der Waals surface area contributed by atoms with Crippen molar-refractivity contribution in [2.24, 2.45) is 0 Å². The Morgan fingerprint density at radius 1 is 1.17 bits per heavy atom. The zero-order chi connectivity index (χ0) is 22.0. The monoisotopic (exact) mass is 429 g/mol. The van der Waals surface area contributed by atoms with E-state index in [1.54, 1.807) is 24.3 Å². The number of carboxylic acids is 1. The van der Waals surface area contributed by atoms with Crippen LogP contribution < -0.4 is 0 Å². The lowest BCUT2D eigenvalue weighted by molar-refractivity contribution is -0.136. The van der Waals surface area contributed by atoms with Crippen molar-refractivity contribution < 1.29 is 15.0 Å². The van der Waals surface area contributed by atoms with Crippen LogP contribution in [-0.4, -0.2) is 27.2 Å². The number of hydrogen-bond donors (Lipinski definition) is 2. The summed E-state index contributed by atoms with van der Waals surface area (Å²) < 4.78 is 0. The summed E-state index contributed by atoms with van der Waals surface area (Å²) in [6.45, 7) is 2.23. The third-order valence-corrected chi connectivity index (χ3v) is 6.06. The first-order valence-electron chi connectivity index (χ1n) is 10.9. The molecule has 1 rings (SSSR count). The molecule has 0 bridgehead atoms. The summed E-state index contributed by atoms with van der Waals surface area (Å²) in [5, 5.41) is 28.5. The summed E-state index contributed by atoms with van der Waals surface area (Å²) in [6.07, 6.45) is 17.3. The highest BCUT2D eigenvalue weighted by Gasteiger charge is 2.19. The number of aliphatic hydroxyl groups excluding tert-OH is 1. The molecule has 0 saturated carbocycles. The van der Waals surface area contributed by atoms with Crippen LogP contribution in [0.2, 0.25) is 0 Å². The Bertz CT molecular complexity index is 709. The molecule has 30 heavy (non-hydrogen) atoms. The van der Waals surface area contributed by atoms with E-state index >= 15 is 0 Å². The highest BCUT2D eigenvalue weighted by Crippen LogP contribution is 2.29. The Morgan fingerprint density at radius 2 is 1.90 bits per heavy atom. The molecule has 2 N–H and O–H groups in total. The smallest absolute Gasteiger partial charge is 0.304 e. The number of benzene rings is 1. The molecule has 2 atom stereocenters. The molecule has 0 unspecified atom stereocenters. The zero-order valence-electron chi connectivity index (χ0n) is 18.0. The van der Waals surface area contributed by atoms with Gasteiger partial charge >= 0.3 is 5.97 Å². The largest absolute Gasteiger partial charge is 0.481 e. The predicted octanol–water partition coefficient (Wildman–Crippen LogP) is 6.42. The van der Waals surface area contributed by atoms with Gasteiger partial charge in [-0.15, -0.1) is 0 Å². The minimum Gasteiger partial charge on any atom is -0.481 e. The third-order valence-electron chi connectivity index (χ3n) is 4.82. The summed E-state index contributed by atoms with van der Waals surface area (Å²) in [5.41, 5.74) is 1.16. The standard InChI is InChI=1S/C25H35NO3S/c1-2-3-4-5-6-7-8-9-10-11-12-16-23(30-18-17-24(27)28)25(29)22-15-13-14-21(19-22)20-26/h10-16,19,23,25,29H,2-9,17-18H2,1H3,(H,27,28)/t23-,25+/m1/s1. The summed E-state index contributed by atoms with van der Waals surface area (Å²) >= 11 is 1.41. The SMILES string of the molecule is CCCCCCCCCC=CC=C[C@@H](SCCC(=O)O)[C@@H](O)c1cccc(C#N)c1. The van der Waals surface area contributed by atoms with Crippen molar-refractivity contribution in [3.63, 3.8) is 0 Å². The lowest BCUT2D eigenvalue weighted by Crippen LogP contribution is -2.14. The molecule has 1 aromatic rings. The number of nitrogens with zero attached hydrogens (tertiary/aromatic N) is 1. The molecule has 0 spiro atoms. The first-order valence-corrected chi connectivity index (χ1v) is 12.0. The molecule has 0 radical (unpaired) electrons. The van der Waals surface area contributed by atoms with E-state index in [9.17, 15) is 9.90 Å². The maximum Gasteiger partial charge on any atom is 0.304 e. The molecule has 0 fully saturated rings. The zero-order valence-corrected chi connectivity index (χ0v) is 18.8. The fraction of sp³-hybridized carbons (Fsp3) is 0.520. The molecule has 0 saturated heterocycles. The predicted molar refractivity (Wildman–Crippen MR) is 126 cm³/mol. The van der Waals surface area contributed by atoms with Crippen LogP contribution in [-0.2, 0) is 4.79 Å². The first-order chi connectivity index (χ1) is 14.6. The fourth-order valence-corrected chi connectivity index (χ4v) is 4.19. The molecular formula is C25H35NO3S. The average Bonchev–Trinajstić information content (AvgIpc) is 2.75. The number of carbonyl (C=O) groups is 1. The van der Waals surface area contributed by atoms with Crippen molar-refractivity contribution in [1.82, 2.24) is 0 Å². The second-order valence-corrected chi connectivity index (χ2v) is 8.67. The Balaban J connectivity index is 2.54. The average molecular weight is 430 g/mol. The van der Waals surface area contributed by atoms with Gasteiger partial charge in [0.05, 0.1) is 29.4 Å². The minimum atomic E-state index is -0.846. The van der Waals surface area contributed by atoms with Crippen LogP contribution in [0, 0.1) is 11.3 Å². The number of thioether (sulfide) groups is 1. The number of allylic oxidation sites excluding steroid dienone is 3. The Hall–Kier alpha value is -2.03. The van der Waals surface area contributed by atoms with Gasteiger partial charge in [0.25, 0.3) is 0 Å². The molecule has 4 nitrogen and oxygen atoms in total. The molecular weight excluding hydrogens is 394 g/mol. The molecule has 5 heteroatoms. The van der Waals surface area contributed by atoms with Crippen molar-refractivity contribution in [2.45, 2.75) is 76.1 Å². The highest BCUT2D eigenvalue weighted by molar-refractivity contribution is 8.00. The number of unbranched alkanes of at least 4 members (excludes halogenated alkanes) is 7. The van der Waals surface area contributed by atoms with Crippen molar-refractivity contribution in [1.29, 1.82) is 5.26 Å². The van der Waals surface area contributed by atoms with E-state index in [0.717, 1.165) is 6.42 Å². The fourth-order valence-electron chi connectivity index (χ4n) is 3.08. The number of hydrogen-bond acceptors (Lipinski definition) is 4. The topological polar surface area (TPSA) is 81.3 Å². The maximum atomic E-state index is 10.8. The number of nitriles is 1. The molecule has 0 heterocycles. The van der Waals surface area contributed by atoms with Crippen LogP contribution >= 0.6 is 11.8 Å². The van der Waals surface area contributed by atoms with Gasteiger partial charge in [0.15, 0.2) is 0 Å². The van der Waals surface area contributed by atoms with Crippen LogP contribution in [0.4, 0.5) is 0 Å². The van der Waals surface area contributed by atoms with Crippen LogP contribution in [0.15, 0.2) is 48.6 Å². The Kier molecular flexibility index (Phi) is 14.5. The van der Waals surface area contributed by atoms with E-state index in [1.165, 1.54) is 56.7 Å². The highest BCUT2D eigenvalue weighted by atomic mass is 32.2. The van der Waals surface area contributed by atoms with Crippen molar-refractivity contribution in [2.75, 3.05) is 5.75 Å². The van der Waals surface area contributed by atoms with Crippen LogP contribution in [0.25, 0.3) is 0 Å². The van der Waals surface area contributed by atoms with E-state index in [2.05, 4.69) is 19.1 Å².